The Kier molecular flexibility index (Phi) is 6.77. The summed E-state index contributed by atoms with van der Waals surface area (Å²) < 4.78 is 16.0. The second-order valence-electron chi connectivity index (χ2n) is 8.72. The van der Waals surface area contributed by atoms with Crippen LogP contribution in [0.1, 0.15) is 35.5 Å². The average molecular weight is 500 g/mol. The minimum absolute atomic E-state index is 0.0901. The third-order valence-corrected chi connectivity index (χ3v) is 6.72. The van der Waals surface area contributed by atoms with Crippen molar-refractivity contribution in [2.24, 2.45) is 0 Å². The van der Waals surface area contributed by atoms with Crippen LogP contribution in [0.5, 0.6) is 0 Å². The molecule has 1 aliphatic heterocycles. The number of hydrogen-bond donors (Lipinski definition) is 2. The number of benzene rings is 2. The highest BCUT2D eigenvalue weighted by molar-refractivity contribution is 7.80. The van der Waals surface area contributed by atoms with Crippen molar-refractivity contribution in [3.63, 3.8) is 0 Å². The number of carbonyl (C=O) groups excluding carboxylic acids is 1. The van der Waals surface area contributed by atoms with Crippen LogP contribution in [0.4, 0.5) is 10.1 Å². The molecule has 0 radical (unpaired) electrons. The molecule has 1 amide bonds. The first-order chi connectivity index (χ1) is 17.5. The predicted octanol–water partition coefficient (Wildman–Crippen LogP) is 5.32. The Morgan fingerprint density at radius 2 is 1.92 bits per heavy atom. The number of halogens is 1. The molecule has 1 saturated heterocycles. The Labute approximate surface area is 214 Å². The molecule has 0 aliphatic carbocycles. The van der Waals surface area contributed by atoms with E-state index in [0.29, 0.717) is 17.3 Å². The van der Waals surface area contributed by atoms with Crippen molar-refractivity contribution in [3.05, 3.63) is 114 Å². The molecule has 0 saturated carbocycles. The minimum Gasteiger partial charge on any atom is -0.352 e. The number of thiocarbonyl (C=S) groups is 1. The van der Waals surface area contributed by atoms with E-state index in [1.807, 2.05) is 83.3 Å². The lowest BCUT2D eigenvalue weighted by atomic mass is 10.0. The maximum Gasteiger partial charge on any atom is 0.226 e. The second-order valence-corrected chi connectivity index (χ2v) is 9.10. The lowest BCUT2D eigenvalue weighted by Gasteiger charge is -2.29. The number of carbonyl (C=O) groups is 1. The molecule has 8 heteroatoms. The van der Waals surface area contributed by atoms with Gasteiger partial charge in [0, 0.05) is 42.4 Å². The van der Waals surface area contributed by atoms with Crippen molar-refractivity contribution >= 4 is 28.9 Å². The van der Waals surface area contributed by atoms with Crippen LogP contribution in [-0.4, -0.2) is 32.0 Å². The SMILES string of the molecule is Cc1ccccc1NC(=O)CCN1C(=S)N[C@@H](c2ccccn2)[C@H]1c1cccn1-c1cccc(F)c1. The number of anilines is 1. The summed E-state index contributed by atoms with van der Waals surface area (Å²) in [6.45, 7) is 2.37. The molecule has 0 unspecified atom stereocenters. The fourth-order valence-corrected chi connectivity index (χ4v) is 4.94. The molecule has 0 bridgehead atoms. The summed E-state index contributed by atoms with van der Waals surface area (Å²) >= 11 is 5.74. The van der Waals surface area contributed by atoms with Crippen molar-refractivity contribution < 1.29 is 9.18 Å². The Morgan fingerprint density at radius 1 is 1.08 bits per heavy atom. The first-order valence-corrected chi connectivity index (χ1v) is 12.2. The summed E-state index contributed by atoms with van der Waals surface area (Å²) in [6, 6.07) is 23.4. The zero-order valence-electron chi connectivity index (χ0n) is 19.8. The summed E-state index contributed by atoms with van der Waals surface area (Å²) in [4.78, 5) is 19.4. The molecule has 36 heavy (non-hydrogen) atoms. The standard InChI is InChI=1S/C28H26FN5OS/c1-19-8-2-3-11-22(19)31-25(35)14-17-34-27(26(32-28(34)36)23-12-4-5-15-30-23)24-13-7-16-33(24)21-10-6-9-20(29)18-21/h2-13,15-16,18,26-27H,14,17H2,1H3,(H,31,35)(H,32,36)/t26-,27+/m0/s1. The normalized spacial score (nSPS) is 17.2. The summed E-state index contributed by atoms with van der Waals surface area (Å²) in [5.41, 5.74) is 4.27. The highest BCUT2D eigenvalue weighted by Gasteiger charge is 2.41. The summed E-state index contributed by atoms with van der Waals surface area (Å²) in [5, 5.41) is 6.95. The molecule has 1 aliphatic rings. The van der Waals surface area contributed by atoms with E-state index >= 15 is 0 Å². The van der Waals surface area contributed by atoms with Crippen LogP contribution in [0.2, 0.25) is 0 Å². The van der Waals surface area contributed by atoms with Crippen molar-refractivity contribution in [3.8, 4) is 5.69 Å². The van der Waals surface area contributed by atoms with E-state index in [-0.39, 0.29) is 30.2 Å². The fourth-order valence-electron chi connectivity index (χ4n) is 4.61. The van der Waals surface area contributed by atoms with Gasteiger partial charge in [0.05, 0.1) is 17.8 Å². The smallest absolute Gasteiger partial charge is 0.226 e. The van der Waals surface area contributed by atoms with Gasteiger partial charge < -0.3 is 20.1 Å². The van der Waals surface area contributed by atoms with E-state index in [0.717, 1.165) is 22.6 Å². The Hall–Kier alpha value is -4.04. The number of amides is 1. The maximum absolute atomic E-state index is 14.1. The van der Waals surface area contributed by atoms with Gasteiger partial charge in [-0.3, -0.25) is 9.78 Å². The van der Waals surface area contributed by atoms with Gasteiger partial charge in [0.15, 0.2) is 5.11 Å². The largest absolute Gasteiger partial charge is 0.352 e. The van der Waals surface area contributed by atoms with E-state index < -0.39 is 0 Å². The summed E-state index contributed by atoms with van der Waals surface area (Å²) in [7, 11) is 0. The van der Waals surface area contributed by atoms with Crippen LogP contribution in [0, 0.1) is 12.7 Å². The molecule has 1 fully saturated rings. The van der Waals surface area contributed by atoms with Crippen molar-refractivity contribution in [2.75, 3.05) is 11.9 Å². The molecular weight excluding hydrogens is 473 g/mol. The second kappa shape index (κ2) is 10.3. The molecular formula is C28H26FN5OS. The van der Waals surface area contributed by atoms with E-state index in [2.05, 4.69) is 15.6 Å². The molecule has 2 aromatic heterocycles. The zero-order chi connectivity index (χ0) is 25.1. The molecule has 2 aromatic carbocycles. The Morgan fingerprint density at radius 3 is 2.69 bits per heavy atom. The molecule has 2 atom stereocenters. The van der Waals surface area contributed by atoms with Gasteiger partial charge in [-0.05, 0) is 73.2 Å². The molecule has 5 rings (SSSR count). The van der Waals surface area contributed by atoms with Gasteiger partial charge in [-0.2, -0.15) is 0 Å². The average Bonchev–Trinajstić information content (AvgIpc) is 3.49. The molecule has 3 heterocycles. The molecule has 0 spiro atoms. The highest BCUT2D eigenvalue weighted by atomic mass is 32.1. The van der Waals surface area contributed by atoms with Crippen LogP contribution in [0.25, 0.3) is 5.69 Å². The number of nitrogens with zero attached hydrogens (tertiary/aromatic N) is 3. The number of aromatic nitrogens is 2. The number of pyridine rings is 1. The van der Waals surface area contributed by atoms with Gasteiger partial charge in [0.2, 0.25) is 5.91 Å². The third kappa shape index (κ3) is 4.85. The Bertz CT molecular complexity index is 1390. The monoisotopic (exact) mass is 499 g/mol. The van der Waals surface area contributed by atoms with Crippen molar-refractivity contribution in [2.45, 2.75) is 25.4 Å². The molecule has 6 nitrogen and oxygen atoms in total. The van der Waals surface area contributed by atoms with E-state index in [4.69, 9.17) is 12.2 Å². The van der Waals surface area contributed by atoms with Crippen LogP contribution in [0.15, 0.2) is 91.3 Å². The van der Waals surface area contributed by atoms with Crippen LogP contribution in [-0.2, 0) is 4.79 Å². The molecule has 4 aromatic rings. The van der Waals surface area contributed by atoms with Gasteiger partial charge in [0.1, 0.15) is 5.82 Å². The number of para-hydroxylation sites is 1. The lowest BCUT2D eigenvalue weighted by molar-refractivity contribution is -0.116. The summed E-state index contributed by atoms with van der Waals surface area (Å²) in [6.07, 6.45) is 3.91. The highest BCUT2D eigenvalue weighted by Crippen LogP contribution is 2.39. The number of hydrogen-bond acceptors (Lipinski definition) is 3. The first-order valence-electron chi connectivity index (χ1n) is 11.8. The van der Waals surface area contributed by atoms with E-state index in [1.54, 1.807) is 12.3 Å². The van der Waals surface area contributed by atoms with Crippen LogP contribution < -0.4 is 10.6 Å². The van der Waals surface area contributed by atoms with Crippen LogP contribution >= 0.6 is 12.2 Å². The van der Waals surface area contributed by atoms with Gasteiger partial charge in [-0.15, -0.1) is 0 Å². The maximum atomic E-state index is 14.1. The fraction of sp³-hybridized carbons (Fsp3) is 0.179. The third-order valence-electron chi connectivity index (χ3n) is 6.37. The first kappa shape index (κ1) is 23.7. The number of nitrogens with one attached hydrogen (secondary N) is 2. The number of aryl methyl sites for hydroxylation is 1. The molecule has 2 N–H and O–H groups in total. The van der Waals surface area contributed by atoms with Crippen LogP contribution in [0.3, 0.4) is 0 Å². The van der Waals surface area contributed by atoms with Crippen molar-refractivity contribution in [1.82, 2.24) is 19.8 Å². The quantitative estimate of drug-likeness (QED) is 0.337. The topological polar surface area (TPSA) is 62.2 Å². The van der Waals surface area contributed by atoms with E-state index in [1.165, 1.54) is 12.1 Å². The van der Waals surface area contributed by atoms with Gasteiger partial charge >= 0.3 is 0 Å². The molecule has 182 valence electrons. The van der Waals surface area contributed by atoms with Gasteiger partial charge in [-0.25, -0.2) is 4.39 Å². The lowest BCUT2D eigenvalue weighted by Crippen LogP contribution is -2.33. The predicted molar refractivity (Wildman–Crippen MR) is 142 cm³/mol. The Balaban J connectivity index is 1.45. The summed E-state index contributed by atoms with van der Waals surface area (Å²) in [5.74, 6) is -0.397. The zero-order valence-corrected chi connectivity index (χ0v) is 20.6. The van der Waals surface area contributed by atoms with Gasteiger partial charge in [-0.1, -0.05) is 30.3 Å². The van der Waals surface area contributed by atoms with E-state index in [9.17, 15) is 9.18 Å². The van der Waals surface area contributed by atoms with Gasteiger partial charge in [0.25, 0.3) is 0 Å². The number of rotatable bonds is 7. The van der Waals surface area contributed by atoms with Crippen molar-refractivity contribution in [1.29, 1.82) is 0 Å². The minimum atomic E-state index is -0.307.